The van der Waals surface area contributed by atoms with Crippen molar-refractivity contribution in [2.75, 3.05) is 19.6 Å². The number of furan rings is 2. The van der Waals surface area contributed by atoms with E-state index in [-0.39, 0.29) is 23.4 Å². The molecule has 0 saturated carbocycles. The Hall–Kier alpha value is -2.88. The number of rotatable bonds is 11. The number of sulfonamides is 1. The van der Waals surface area contributed by atoms with Crippen molar-refractivity contribution >= 4 is 15.9 Å². The lowest BCUT2D eigenvalue weighted by Gasteiger charge is -2.28. The van der Waals surface area contributed by atoms with Crippen molar-refractivity contribution in [3.8, 4) is 0 Å². The quantitative estimate of drug-likeness (QED) is 0.455. The Balaban J connectivity index is 1.74. The van der Waals surface area contributed by atoms with Gasteiger partial charge >= 0.3 is 0 Å². The molecule has 32 heavy (non-hydrogen) atoms. The van der Waals surface area contributed by atoms with Crippen LogP contribution in [0.4, 0.5) is 0 Å². The summed E-state index contributed by atoms with van der Waals surface area (Å²) in [5.41, 5.74) is 0.994. The molecule has 0 fully saturated rings. The number of carbonyl (C=O) groups excluding carboxylic acids is 1. The molecule has 0 spiro atoms. The summed E-state index contributed by atoms with van der Waals surface area (Å²) < 4.78 is 38.6. The van der Waals surface area contributed by atoms with Gasteiger partial charge in [-0.2, -0.15) is 0 Å². The van der Waals surface area contributed by atoms with Gasteiger partial charge in [-0.3, -0.25) is 9.69 Å². The fourth-order valence-electron chi connectivity index (χ4n) is 3.52. The number of likely N-dealkylation sites (N-methyl/N-ethyl adjacent to an activating group) is 1. The van der Waals surface area contributed by atoms with Crippen LogP contribution in [0.25, 0.3) is 0 Å². The number of hydrogen-bond donors (Lipinski definition) is 2. The lowest BCUT2D eigenvalue weighted by atomic mass is 10.1. The Morgan fingerprint density at radius 3 is 2.41 bits per heavy atom. The summed E-state index contributed by atoms with van der Waals surface area (Å²) in [6, 6.07) is 11.5. The van der Waals surface area contributed by atoms with E-state index in [0.29, 0.717) is 23.4 Å². The van der Waals surface area contributed by atoms with E-state index in [4.69, 9.17) is 8.83 Å². The highest BCUT2D eigenvalue weighted by atomic mass is 32.2. The smallest absolute Gasteiger partial charge is 0.251 e. The Morgan fingerprint density at radius 1 is 1.06 bits per heavy atom. The highest BCUT2D eigenvalue weighted by molar-refractivity contribution is 7.89. The summed E-state index contributed by atoms with van der Waals surface area (Å²) in [6.45, 7) is 7.83. The average Bonchev–Trinajstić information content (AvgIpc) is 3.49. The van der Waals surface area contributed by atoms with Crippen LogP contribution in [0, 0.1) is 6.92 Å². The first kappa shape index (κ1) is 23.8. The van der Waals surface area contributed by atoms with Crippen molar-refractivity contribution in [2.24, 2.45) is 0 Å². The van der Waals surface area contributed by atoms with Gasteiger partial charge in [-0.1, -0.05) is 19.9 Å². The summed E-state index contributed by atoms with van der Waals surface area (Å²) in [4.78, 5) is 15.2. The molecule has 0 aliphatic carbocycles. The van der Waals surface area contributed by atoms with Crippen LogP contribution in [0.1, 0.15) is 47.3 Å². The molecule has 0 aliphatic heterocycles. The standard InChI is InChI=1S/C23H29N3O5S/c1-4-26(5-2)21(22-9-7-13-31-22)16-24-23(27)20-14-19(11-10-17(20)3)32(28,29)25-15-18-8-6-12-30-18/h6-14,21,25H,4-5,15-16H2,1-3H3,(H,24,27). The average molecular weight is 460 g/mol. The molecule has 3 aromatic rings. The maximum atomic E-state index is 13.0. The molecule has 2 N–H and O–H groups in total. The summed E-state index contributed by atoms with van der Waals surface area (Å²) in [6.07, 6.45) is 3.09. The van der Waals surface area contributed by atoms with Gasteiger partial charge in [0, 0.05) is 12.1 Å². The van der Waals surface area contributed by atoms with Gasteiger partial charge in [-0.15, -0.1) is 0 Å². The van der Waals surface area contributed by atoms with Crippen LogP contribution in [-0.4, -0.2) is 38.9 Å². The van der Waals surface area contributed by atoms with Gasteiger partial charge in [0.05, 0.1) is 30.0 Å². The van der Waals surface area contributed by atoms with E-state index in [1.54, 1.807) is 31.4 Å². The van der Waals surface area contributed by atoms with Gasteiger partial charge in [0.1, 0.15) is 11.5 Å². The van der Waals surface area contributed by atoms with E-state index in [2.05, 4.69) is 28.8 Å². The van der Waals surface area contributed by atoms with E-state index in [1.807, 2.05) is 12.1 Å². The molecule has 2 heterocycles. The summed E-state index contributed by atoms with van der Waals surface area (Å²) in [7, 11) is -3.81. The van der Waals surface area contributed by atoms with Crippen LogP contribution < -0.4 is 10.0 Å². The van der Waals surface area contributed by atoms with Gasteiger partial charge in [0.15, 0.2) is 0 Å². The van der Waals surface area contributed by atoms with Crippen molar-refractivity contribution in [1.82, 2.24) is 14.9 Å². The third-order valence-electron chi connectivity index (χ3n) is 5.36. The maximum absolute atomic E-state index is 13.0. The highest BCUT2D eigenvalue weighted by Crippen LogP contribution is 2.21. The van der Waals surface area contributed by atoms with Crippen molar-refractivity contribution in [3.63, 3.8) is 0 Å². The van der Waals surface area contributed by atoms with Crippen LogP contribution in [0.2, 0.25) is 0 Å². The molecule has 0 aliphatic rings. The molecular weight excluding hydrogens is 430 g/mol. The first-order valence-corrected chi connectivity index (χ1v) is 12.0. The second kappa shape index (κ2) is 10.6. The monoisotopic (exact) mass is 459 g/mol. The van der Waals surface area contributed by atoms with Crippen molar-refractivity contribution < 1.29 is 22.0 Å². The lowest BCUT2D eigenvalue weighted by Crippen LogP contribution is -2.38. The Labute approximate surface area is 188 Å². The second-order valence-electron chi connectivity index (χ2n) is 7.34. The van der Waals surface area contributed by atoms with Crippen molar-refractivity contribution in [3.05, 3.63) is 77.6 Å². The zero-order valence-electron chi connectivity index (χ0n) is 18.5. The number of amides is 1. The van der Waals surface area contributed by atoms with Crippen molar-refractivity contribution in [2.45, 2.75) is 38.3 Å². The fourth-order valence-corrected chi connectivity index (χ4v) is 4.53. The molecule has 172 valence electrons. The molecule has 0 saturated heterocycles. The number of benzene rings is 1. The van der Waals surface area contributed by atoms with Crippen LogP contribution in [0.3, 0.4) is 0 Å². The molecule has 1 unspecified atom stereocenters. The number of nitrogens with one attached hydrogen (secondary N) is 2. The summed E-state index contributed by atoms with van der Waals surface area (Å²) in [5.74, 6) is 0.928. The maximum Gasteiger partial charge on any atom is 0.251 e. The highest BCUT2D eigenvalue weighted by Gasteiger charge is 2.23. The SMILES string of the molecule is CCN(CC)C(CNC(=O)c1cc(S(=O)(=O)NCc2ccco2)ccc1C)c1ccco1. The molecule has 0 radical (unpaired) electrons. The van der Waals surface area contributed by atoms with Crippen LogP contribution in [0.5, 0.6) is 0 Å². The Kier molecular flexibility index (Phi) is 7.89. The van der Waals surface area contributed by atoms with E-state index in [1.165, 1.54) is 18.4 Å². The third kappa shape index (κ3) is 5.67. The van der Waals surface area contributed by atoms with Gasteiger partial charge in [-0.05, 0) is 62.0 Å². The molecule has 1 atom stereocenters. The predicted octanol–water partition coefficient (Wildman–Crippen LogP) is 3.47. The number of hydrogen-bond acceptors (Lipinski definition) is 6. The first-order valence-electron chi connectivity index (χ1n) is 10.5. The molecule has 8 nitrogen and oxygen atoms in total. The zero-order valence-corrected chi connectivity index (χ0v) is 19.3. The van der Waals surface area contributed by atoms with Crippen molar-refractivity contribution in [1.29, 1.82) is 0 Å². The molecule has 1 amide bonds. The minimum Gasteiger partial charge on any atom is -0.468 e. The second-order valence-corrected chi connectivity index (χ2v) is 9.11. The van der Waals surface area contributed by atoms with E-state index >= 15 is 0 Å². The van der Waals surface area contributed by atoms with Crippen LogP contribution >= 0.6 is 0 Å². The summed E-state index contributed by atoms with van der Waals surface area (Å²) >= 11 is 0. The molecule has 9 heteroatoms. The molecule has 3 rings (SSSR count). The summed E-state index contributed by atoms with van der Waals surface area (Å²) in [5, 5.41) is 2.94. The number of carbonyl (C=O) groups is 1. The Morgan fingerprint density at radius 2 is 1.78 bits per heavy atom. The molecular formula is C23H29N3O5S. The normalized spacial score (nSPS) is 12.8. The van der Waals surface area contributed by atoms with Gasteiger partial charge in [0.25, 0.3) is 5.91 Å². The number of aryl methyl sites for hydroxylation is 1. The number of nitrogens with zero attached hydrogens (tertiary/aromatic N) is 1. The van der Waals surface area contributed by atoms with E-state index in [9.17, 15) is 13.2 Å². The lowest BCUT2D eigenvalue weighted by molar-refractivity contribution is 0.0929. The van der Waals surface area contributed by atoms with Gasteiger partial charge in [-0.25, -0.2) is 13.1 Å². The largest absolute Gasteiger partial charge is 0.468 e. The minimum absolute atomic E-state index is 0.0196. The van der Waals surface area contributed by atoms with Crippen LogP contribution in [0.15, 0.2) is 68.7 Å². The Bertz CT molecular complexity index is 1100. The topological polar surface area (TPSA) is 105 Å². The first-order chi connectivity index (χ1) is 15.4. The fraction of sp³-hybridized carbons (Fsp3) is 0.348. The van der Waals surface area contributed by atoms with E-state index in [0.717, 1.165) is 18.8 Å². The molecule has 1 aromatic carbocycles. The third-order valence-corrected chi connectivity index (χ3v) is 6.76. The van der Waals surface area contributed by atoms with Crippen LogP contribution in [-0.2, 0) is 16.6 Å². The molecule has 2 aromatic heterocycles. The van der Waals surface area contributed by atoms with E-state index < -0.39 is 10.0 Å². The zero-order chi connectivity index (χ0) is 23.1. The van der Waals surface area contributed by atoms with Gasteiger partial charge in [0.2, 0.25) is 10.0 Å². The van der Waals surface area contributed by atoms with Gasteiger partial charge < -0.3 is 14.2 Å². The predicted molar refractivity (Wildman–Crippen MR) is 121 cm³/mol. The minimum atomic E-state index is -3.81. The molecule has 0 bridgehead atoms.